The van der Waals surface area contributed by atoms with Gasteiger partial charge in [0.15, 0.2) is 0 Å². The third kappa shape index (κ3) is 3.80. The van der Waals surface area contributed by atoms with Gasteiger partial charge in [-0.15, -0.1) is 0 Å². The van der Waals surface area contributed by atoms with Crippen molar-refractivity contribution in [3.63, 3.8) is 0 Å². The first-order chi connectivity index (χ1) is 9.11. The summed E-state index contributed by atoms with van der Waals surface area (Å²) in [7, 11) is 2.22. The van der Waals surface area contributed by atoms with Gasteiger partial charge in [0.25, 0.3) is 0 Å². The molecule has 1 aromatic heterocycles. The fraction of sp³-hybridized carbons (Fsp3) is 0.786. The molecule has 2 heterocycles. The second-order valence-electron chi connectivity index (χ2n) is 5.55. The van der Waals surface area contributed by atoms with Gasteiger partial charge in [0.1, 0.15) is 0 Å². The average Bonchev–Trinajstić information content (AvgIpc) is 2.67. The van der Waals surface area contributed by atoms with Gasteiger partial charge in [0.2, 0.25) is 0 Å². The van der Waals surface area contributed by atoms with Crippen LogP contribution >= 0.6 is 15.9 Å². The lowest BCUT2D eigenvalue weighted by Gasteiger charge is -2.27. The Morgan fingerprint density at radius 1 is 1.42 bits per heavy atom. The molecule has 4 nitrogen and oxygen atoms in total. The van der Waals surface area contributed by atoms with Crippen molar-refractivity contribution in [1.82, 2.24) is 20.0 Å². The molecule has 0 aliphatic carbocycles. The Hall–Kier alpha value is -0.390. The smallest absolute Gasteiger partial charge is 0.0739 e. The molecule has 108 valence electrons. The molecule has 0 aromatic carbocycles. The van der Waals surface area contributed by atoms with Gasteiger partial charge in [0.05, 0.1) is 15.9 Å². The van der Waals surface area contributed by atoms with Crippen molar-refractivity contribution in [1.29, 1.82) is 0 Å². The fourth-order valence-electron chi connectivity index (χ4n) is 2.85. The molecule has 1 N–H and O–H groups in total. The quantitative estimate of drug-likeness (QED) is 0.901. The van der Waals surface area contributed by atoms with E-state index < -0.39 is 0 Å². The van der Waals surface area contributed by atoms with Crippen LogP contribution in [0.25, 0.3) is 0 Å². The Labute approximate surface area is 124 Å². The van der Waals surface area contributed by atoms with E-state index in [1.54, 1.807) is 0 Å². The van der Waals surface area contributed by atoms with Crippen molar-refractivity contribution < 1.29 is 0 Å². The summed E-state index contributed by atoms with van der Waals surface area (Å²) in [6, 6.07) is 0. The minimum Gasteiger partial charge on any atom is -0.317 e. The molecule has 0 bridgehead atoms. The molecule has 1 aliphatic rings. The van der Waals surface area contributed by atoms with Crippen LogP contribution in [0.2, 0.25) is 0 Å². The van der Waals surface area contributed by atoms with Crippen molar-refractivity contribution in [2.24, 2.45) is 5.92 Å². The van der Waals surface area contributed by atoms with E-state index in [4.69, 9.17) is 0 Å². The van der Waals surface area contributed by atoms with E-state index >= 15 is 0 Å². The van der Waals surface area contributed by atoms with Gasteiger partial charge in [0, 0.05) is 19.6 Å². The third-order valence-electron chi connectivity index (χ3n) is 3.90. The predicted molar refractivity (Wildman–Crippen MR) is 82.3 cm³/mol. The lowest BCUT2D eigenvalue weighted by molar-refractivity contribution is 0.229. The Balaban J connectivity index is 1.96. The summed E-state index contributed by atoms with van der Waals surface area (Å²) < 4.78 is 3.28. The highest BCUT2D eigenvalue weighted by Gasteiger charge is 2.18. The van der Waals surface area contributed by atoms with Gasteiger partial charge in [-0.3, -0.25) is 4.68 Å². The Morgan fingerprint density at radius 2 is 2.11 bits per heavy atom. The van der Waals surface area contributed by atoms with Crippen LogP contribution in [0.4, 0.5) is 0 Å². The van der Waals surface area contributed by atoms with Crippen LogP contribution < -0.4 is 5.32 Å². The second-order valence-corrected chi connectivity index (χ2v) is 6.34. The summed E-state index contributed by atoms with van der Waals surface area (Å²) in [6.07, 6.45) is 2.61. The molecular weight excluding hydrogens is 304 g/mol. The number of halogens is 1. The number of aromatic nitrogens is 2. The van der Waals surface area contributed by atoms with Crippen LogP contribution in [-0.2, 0) is 13.1 Å². The van der Waals surface area contributed by atoms with Gasteiger partial charge in [-0.2, -0.15) is 5.10 Å². The van der Waals surface area contributed by atoms with E-state index in [1.165, 1.54) is 42.6 Å². The normalized spacial score (nSPS) is 17.3. The summed E-state index contributed by atoms with van der Waals surface area (Å²) in [4.78, 5) is 2.43. The first-order valence-corrected chi connectivity index (χ1v) is 8.02. The molecule has 0 saturated carbocycles. The summed E-state index contributed by atoms with van der Waals surface area (Å²) in [6.45, 7) is 9.65. The van der Waals surface area contributed by atoms with E-state index in [0.717, 1.165) is 24.7 Å². The summed E-state index contributed by atoms with van der Waals surface area (Å²) in [5.74, 6) is 0.837. The number of rotatable bonds is 5. The second kappa shape index (κ2) is 6.86. The van der Waals surface area contributed by atoms with Gasteiger partial charge >= 0.3 is 0 Å². The maximum atomic E-state index is 4.56. The lowest BCUT2D eigenvalue weighted by Crippen LogP contribution is -2.34. The molecule has 5 heteroatoms. The van der Waals surface area contributed by atoms with E-state index in [1.807, 2.05) is 0 Å². The molecule has 0 spiro atoms. The molecule has 19 heavy (non-hydrogen) atoms. The number of piperidine rings is 1. The maximum Gasteiger partial charge on any atom is 0.0739 e. The third-order valence-corrected chi connectivity index (χ3v) is 4.93. The zero-order valence-corrected chi connectivity index (χ0v) is 13.8. The number of hydrogen-bond donors (Lipinski definition) is 1. The fourth-order valence-corrected chi connectivity index (χ4v) is 3.25. The van der Waals surface area contributed by atoms with Crippen LogP contribution in [0.1, 0.15) is 31.2 Å². The van der Waals surface area contributed by atoms with E-state index in [0.29, 0.717) is 0 Å². The van der Waals surface area contributed by atoms with E-state index in [-0.39, 0.29) is 0 Å². The molecule has 0 atom stereocenters. The van der Waals surface area contributed by atoms with Crippen LogP contribution in [0, 0.1) is 12.8 Å². The van der Waals surface area contributed by atoms with Crippen LogP contribution in [0.3, 0.4) is 0 Å². The number of nitrogens with one attached hydrogen (secondary N) is 1. The summed E-state index contributed by atoms with van der Waals surface area (Å²) in [5.41, 5.74) is 2.39. The molecule has 0 unspecified atom stereocenters. The maximum absolute atomic E-state index is 4.56. The summed E-state index contributed by atoms with van der Waals surface area (Å²) in [5, 5.41) is 7.99. The highest BCUT2D eigenvalue weighted by molar-refractivity contribution is 9.10. The Morgan fingerprint density at radius 3 is 2.74 bits per heavy atom. The zero-order valence-electron chi connectivity index (χ0n) is 12.2. The van der Waals surface area contributed by atoms with Crippen molar-refractivity contribution in [3.8, 4) is 0 Å². The van der Waals surface area contributed by atoms with E-state index in [2.05, 4.69) is 56.8 Å². The monoisotopic (exact) mass is 328 g/mol. The molecule has 1 aliphatic heterocycles. The van der Waals surface area contributed by atoms with Gasteiger partial charge in [-0.1, -0.05) is 0 Å². The molecule has 2 rings (SSSR count). The summed E-state index contributed by atoms with van der Waals surface area (Å²) >= 11 is 3.68. The number of hydrogen-bond acceptors (Lipinski definition) is 3. The molecule has 0 radical (unpaired) electrons. The van der Waals surface area contributed by atoms with Crippen LogP contribution in [0.5, 0.6) is 0 Å². The largest absolute Gasteiger partial charge is 0.317 e. The van der Waals surface area contributed by atoms with Crippen molar-refractivity contribution in [2.75, 3.05) is 26.7 Å². The van der Waals surface area contributed by atoms with Gasteiger partial charge in [-0.25, -0.2) is 0 Å². The van der Waals surface area contributed by atoms with E-state index in [9.17, 15) is 0 Å². The highest BCUT2D eigenvalue weighted by atomic mass is 79.9. The first-order valence-electron chi connectivity index (χ1n) is 7.22. The van der Waals surface area contributed by atoms with Gasteiger partial charge in [-0.05, 0) is 68.7 Å². The number of nitrogens with zero attached hydrogens (tertiary/aromatic N) is 3. The minimum absolute atomic E-state index is 0.837. The molecule has 0 amide bonds. The zero-order chi connectivity index (χ0) is 13.8. The molecule has 1 fully saturated rings. The van der Waals surface area contributed by atoms with Gasteiger partial charge < -0.3 is 10.2 Å². The number of aryl methyl sites for hydroxylation is 2. The van der Waals surface area contributed by atoms with Crippen LogP contribution in [0.15, 0.2) is 4.47 Å². The SMILES string of the molecule is CCn1nc(C)c(Br)c1CN(C)CC1CCNCC1. The molecule has 1 aromatic rings. The first kappa shape index (κ1) is 15.0. The van der Waals surface area contributed by atoms with Crippen molar-refractivity contribution in [2.45, 2.75) is 39.8 Å². The highest BCUT2D eigenvalue weighted by Crippen LogP contribution is 2.23. The lowest BCUT2D eigenvalue weighted by atomic mass is 9.98. The molecule has 1 saturated heterocycles. The van der Waals surface area contributed by atoms with Crippen LogP contribution in [-0.4, -0.2) is 41.4 Å². The Bertz CT molecular complexity index is 410. The average molecular weight is 329 g/mol. The predicted octanol–water partition coefficient (Wildman–Crippen LogP) is 2.41. The standard InChI is InChI=1S/C14H25BrN4/c1-4-19-13(14(15)11(2)17-19)10-18(3)9-12-5-7-16-8-6-12/h12,16H,4-10H2,1-3H3. The molecular formula is C14H25BrN4. The van der Waals surface area contributed by atoms with Crippen molar-refractivity contribution >= 4 is 15.9 Å². The topological polar surface area (TPSA) is 33.1 Å². The minimum atomic E-state index is 0.837. The Kier molecular flexibility index (Phi) is 5.42. The van der Waals surface area contributed by atoms with Crippen molar-refractivity contribution in [3.05, 3.63) is 15.9 Å².